The smallest absolute Gasteiger partial charge is 0.308 e. The number of carbonyl (C=O) groups is 2. The van der Waals surface area contributed by atoms with Gasteiger partial charge in [-0.15, -0.1) is 0 Å². The van der Waals surface area contributed by atoms with Crippen LogP contribution < -0.4 is 14.4 Å². The van der Waals surface area contributed by atoms with Crippen LogP contribution in [0.25, 0.3) is 0 Å². The number of hydrogen-bond donors (Lipinski definition) is 0. The van der Waals surface area contributed by atoms with Crippen molar-refractivity contribution in [1.29, 1.82) is 0 Å². The molecule has 1 heterocycles. The monoisotopic (exact) mass is 664 g/mol. The lowest BCUT2D eigenvalue weighted by atomic mass is 9.94. The van der Waals surface area contributed by atoms with Crippen LogP contribution in [0, 0.1) is 5.41 Å². The summed E-state index contributed by atoms with van der Waals surface area (Å²) in [7, 11) is 3.73. The van der Waals surface area contributed by atoms with Gasteiger partial charge in [0.2, 0.25) is 0 Å². The van der Waals surface area contributed by atoms with Crippen molar-refractivity contribution >= 4 is 29.2 Å². The molecule has 0 bridgehead atoms. The minimum Gasteiger partial charge on any atom is -0.492 e. The van der Waals surface area contributed by atoms with E-state index in [2.05, 4.69) is 57.0 Å². The highest BCUT2D eigenvalue weighted by molar-refractivity contribution is 6.30. The highest BCUT2D eigenvalue weighted by Gasteiger charge is 2.40. The topological polar surface area (TPSA) is 77.5 Å². The molecule has 0 spiro atoms. The summed E-state index contributed by atoms with van der Waals surface area (Å²) in [4.78, 5) is 30.8. The van der Waals surface area contributed by atoms with Crippen molar-refractivity contribution in [3.05, 3.63) is 88.4 Å². The maximum absolute atomic E-state index is 14.1. The summed E-state index contributed by atoms with van der Waals surface area (Å²) in [6.07, 6.45) is 0.917. The summed E-state index contributed by atoms with van der Waals surface area (Å²) in [5.74, 6) is 0.274. The quantitative estimate of drug-likeness (QED) is 0.123. The molecule has 254 valence electrons. The average Bonchev–Trinajstić information content (AvgIpc) is 3.13. The average molecular weight is 665 g/mol. The molecule has 0 aromatic heterocycles. The molecule has 0 saturated carbocycles. The first-order chi connectivity index (χ1) is 22.5. The molecule has 1 amide bonds. The van der Waals surface area contributed by atoms with Crippen molar-refractivity contribution in [3.8, 4) is 11.5 Å². The highest BCUT2D eigenvalue weighted by atomic mass is 35.5. The number of ether oxygens (including phenoxy) is 4. The normalized spacial score (nSPS) is 16.5. The lowest BCUT2D eigenvalue weighted by Gasteiger charge is -2.31. The largest absolute Gasteiger partial charge is 0.492 e. The Bertz CT molecular complexity index is 1470. The van der Waals surface area contributed by atoms with Gasteiger partial charge in [0.25, 0.3) is 5.91 Å². The van der Waals surface area contributed by atoms with Crippen LogP contribution in [0.15, 0.2) is 66.7 Å². The van der Waals surface area contributed by atoms with Gasteiger partial charge in [0.1, 0.15) is 12.2 Å². The number of nitrogens with zero attached hydrogens (tertiary/aromatic N) is 2. The van der Waals surface area contributed by atoms with Gasteiger partial charge in [-0.05, 0) is 75.0 Å². The van der Waals surface area contributed by atoms with Gasteiger partial charge in [-0.1, -0.05) is 74.8 Å². The number of esters is 1. The predicted molar refractivity (Wildman–Crippen MR) is 187 cm³/mol. The lowest BCUT2D eigenvalue weighted by molar-refractivity contribution is -0.151. The van der Waals surface area contributed by atoms with Crippen LogP contribution >= 0.6 is 11.6 Å². The van der Waals surface area contributed by atoms with E-state index in [1.165, 1.54) is 5.56 Å². The van der Waals surface area contributed by atoms with Crippen LogP contribution in [-0.4, -0.2) is 69.9 Å². The number of carbonyl (C=O) groups excluding carboxylic acids is 2. The first-order valence-corrected chi connectivity index (χ1v) is 16.8. The second-order valence-electron chi connectivity index (χ2n) is 13.2. The lowest BCUT2D eigenvalue weighted by Crippen LogP contribution is -2.44. The first-order valence-electron chi connectivity index (χ1n) is 16.4. The van der Waals surface area contributed by atoms with Crippen molar-refractivity contribution in [1.82, 2.24) is 4.90 Å². The Morgan fingerprint density at radius 3 is 2.45 bits per heavy atom. The molecule has 4 rings (SSSR count). The molecule has 0 radical (unpaired) electrons. The minimum absolute atomic E-state index is 0.210. The third-order valence-corrected chi connectivity index (χ3v) is 8.22. The SMILES string of the molecule is CCOC(=O)C[C@@H]1O[C@@H](c2cccc(OCCCN(C)CCCc3ccccc3)c2OC)c2cc(Cl)ccc2N(CC(C)(C)C)C1=O. The van der Waals surface area contributed by atoms with Crippen molar-refractivity contribution in [2.75, 3.05) is 51.9 Å². The van der Waals surface area contributed by atoms with Crippen LogP contribution in [0.5, 0.6) is 11.5 Å². The summed E-state index contributed by atoms with van der Waals surface area (Å²) in [5, 5.41) is 0.503. The summed E-state index contributed by atoms with van der Waals surface area (Å²) in [5.41, 5.74) is 3.17. The molecule has 3 aromatic rings. The Kier molecular flexibility index (Phi) is 13.1. The van der Waals surface area contributed by atoms with Crippen molar-refractivity contribution in [3.63, 3.8) is 0 Å². The standard InChI is InChI=1S/C38H49ClN2O6/c1-7-45-34(42)25-33-37(43)41(26-38(2,3)4)31-20-19-28(39)24-30(31)35(47-33)29-17-11-18-32(36(29)44-6)46-23-13-22-40(5)21-12-16-27-14-9-8-10-15-27/h8-11,14-15,17-20,24,33,35H,7,12-13,16,21-23,25-26H2,1-6H3/t33-,35-/m0/s1. The molecule has 47 heavy (non-hydrogen) atoms. The molecule has 0 unspecified atom stereocenters. The number of rotatable bonds is 15. The maximum atomic E-state index is 14.1. The molecule has 0 aliphatic carbocycles. The Morgan fingerprint density at radius 2 is 1.74 bits per heavy atom. The number of anilines is 1. The summed E-state index contributed by atoms with van der Waals surface area (Å²) in [6.45, 7) is 10.9. The van der Waals surface area contributed by atoms with Crippen LogP contribution in [0.2, 0.25) is 5.02 Å². The Labute approximate surface area is 284 Å². The van der Waals surface area contributed by atoms with Gasteiger partial charge in [-0.2, -0.15) is 0 Å². The molecule has 0 N–H and O–H groups in total. The van der Waals surface area contributed by atoms with Gasteiger partial charge in [0.05, 0.1) is 26.7 Å². The highest BCUT2D eigenvalue weighted by Crippen LogP contribution is 2.45. The number of methoxy groups -OCH3 is 1. The zero-order chi connectivity index (χ0) is 34.0. The zero-order valence-electron chi connectivity index (χ0n) is 28.6. The molecule has 3 aromatic carbocycles. The fourth-order valence-corrected chi connectivity index (χ4v) is 6.03. The van der Waals surface area contributed by atoms with Crippen LogP contribution in [0.1, 0.15) is 69.8 Å². The molecule has 8 nitrogen and oxygen atoms in total. The minimum atomic E-state index is -1.08. The molecule has 0 saturated heterocycles. The Morgan fingerprint density at radius 1 is 1.00 bits per heavy atom. The predicted octanol–water partition coefficient (Wildman–Crippen LogP) is 7.50. The van der Waals surface area contributed by atoms with Gasteiger partial charge in [0, 0.05) is 34.9 Å². The number of benzene rings is 3. The Balaban J connectivity index is 1.56. The number of para-hydroxylation sites is 1. The molecule has 1 aliphatic heterocycles. The molecule has 9 heteroatoms. The summed E-state index contributed by atoms with van der Waals surface area (Å²) >= 11 is 6.55. The summed E-state index contributed by atoms with van der Waals surface area (Å²) in [6, 6.07) is 21.6. The number of fused-ring (bicyclic) bond motifs is 1. The van der Waals surface area contributed by atoms with Crippen LogP contribution in [-0.2, 0) is 25.5 Å². The molecule has 0 fully saturated rings. The zero-order valence-corrected chi connectivity index (χ0v) is 29.3. The van der Waals surface area contributed by atoms with Crippen molar-refractivity contribution < 1.29 is 28.5 Å². The van der Waals surface area contributed by atoms with E-state index in [1.807, 2.05) is 36.4 Å². The van der Waals surface area contributed by atoms with Crippen molar-refractivity contribution in [2.24, 2.45) is 5.41 Å². The third kappa shape index (κ3) is 10.2. The fraction of sp³-hybridized carbons (Fsp3) is 0.474. The van der Waals surface area contributed by atoms with E-state index in [9.17, 15) is 9.59 Å². The van der Waals surface area contributed by atoms with Gasteiger partial charge in [-0.25, -0.2) is 0 Å². The first kappa shape index (κ1) is 36.2. The van der Waals surface area contributed by atoms with Gasteiger partial charge >= 0.3 is 5.97 Å². The third-order valence-electron chi connectivity index (χ3n) is 7.98. The molecule has 2 atom stereocenters. The van der Waals surface area contributed by atoms with E-state index in [0.717, 1.165) is 32.4 Å². The van der Waals surface area contributed by atoms with Gasteiger partial charge < -0.3 is 28.7 Å². The number of hydrogen-bond acceptors (Lipinski definition) is 7. The van der Waals surface area contributed by atoms with E-state index in [0.29, 0.717) is 46.5 Å². The maximum Gasteiger partial charge on any atom is 0.308 e. The molecular formula is C38H49ClN2O6. The van der Waals surface area contributed by atoms with Crippen LogP contribution in [0.3, 0.4) is 0 Å². The summed E-state index contributed by atoms with van der Waals surface area (Å²) < 4.78 is 24.0. The fourth-order valence-electron chi connectivity index (χ4n) is 5.85. The van der Waals surface area contributed by atoms with E-state index >= 15 is 0 Å². The van der Waals surface area contributed by atoms with Crippen LogP contribution in [0.4, 0.5) is 5.69 Å². The van der Waals surface area contributed by atoms with Gasteiger partial charge in [0.15, 0.2) is 11.5 Å². The molecular weight excluding hydrogens is 616 g/mol. The number of halogens is 1. The number of aryl methyl sites for hydroxylation is 1. The Hall–Kier alpha value is -3.59. The van der Waals surface area contributed by atoms with Gasteiger partial charge in [-0.3, -0.25) is 9.59 Å². The van der Waals surface area contributed by atoms with E-state index in [-0.39, 0.29) is 24.3 Å². The van der Waals surface area contributed by atoms with E-state index in [1.54, 1.807) is 25.0 Å². The second-order valence-corrected chi connectivity index (χ2v) is 13.6. The van der Waals surface area contributed by atoms with E-state index < -0.39 is 18.2 Å². The number of amides is 1. The van der Waals surface area contributed by atoms with E-state index in [4.69, 9.17) is 30.5 Å². The molecule has 1 aliphatic rings. The van der Waals surface area contributed by atoms with Crippen molar-refractivity contribution in [2.45, 2.75) is 65.6 Å². The second kappa shape index (κ2) is 17.0.